The molecule has 0 spiro atoms. The second-order valence-electron chi connectivity index (χ2n) is 7.84. The van der Waals surface area contributed by atoms with Gasteiger partial charge in [-0.3, -0.25) is 9.58 Å². The average molecular weight is 422 g/mol. The second kappa shape index (κ2) is 9.98. The second-order valence-corrected chi connectivity index (χ2v) is 7.84. The molecule has 2 aromatic carbocycles. The van der Waals surface area contributed by atoms with Crippen LogP contribution in [0.15, 0.2) is 54.9 Å². The average Bonchev–Trinajstić information content (AvgIpc) is 3.31. The molecular formula is C25H31N3O3. The molecule has 1 aromatic heterocycles. The zero-order valence-electron chi connectivity index (χ0n) is 18.6. The number of methoxy groups -OCH3 is 1. The molecule has 1 unspecified atom stereocenters. The van der Waals surface area contributed by atoms with E-state index < -0.39 is 0 Å². The Balaban J connectivity index is 1.49. The molecular weight excluding hydrogens is 390 g/mol. The van der Waals surface area contributed by atoms with Crippen LogP contribution in [0.4, 0.5) is 0 Å². The minimum Gasteiger partial charge on any atom is -0.497 e. The zero-order valence-corrected chi connectivity index (χ0v) is 18.6. The van der Waals surface area contributed by atoms with Crippen molar-refractivity contribution in [3.63, 3.8) is 0 Å². The Labute approximate surface area is 184 Å². The first-order chi connectivity index (χ1) is 15.2. The molecule has 0 radical (unpaired) electrons. The molecule has 1 atom stereocenters. The SMILES string of the molecule is CCn1cc(COc2cc(OC)cc(-c3ccc(C(C)N4CCOCC4)cc3)c2)cn1. The molecule has 6 nitrogen and oxygen atoms in total. The molecule has 0 saturated carbocycles. The maximum absolute atomic E-state index is 6.04. The summed E-state index contributed by atoms with van der Waals surface area (Å²) in [5.41, 5.74) is 4.58. The molecule has 0 aliphatic carbocycles. The van der Waals surface area contributed by atoms with Gasteiger partial charge in [0.05, 0.1) is 26.5 Å². The number of aromatic nitrogens is 2. The van der Waals surface area contributed by atoms with Crippen LogP contribution in [0.3, 0.4) is 0 Å². The van der Waals surface area contributed by atoms with Gasteiger partial charge >= 0.3 is 0 Å². The van der Waals surface area contributed by atoms with Gasteiger partial charge < -0.3 is 14.2 Å². The maximum atomic E-state index is 6.04. The fraction of sp³-hybridized carbons (Fsp3) is 0.400. The van der Waals surface area contributed by atoms with Gasteiger partial charge in [0, 0.05) is 43.5 Å². The molecule has 6 heteroatoms. The monoisotopic (exact) mass is 421 g/mol. The van der Waals surface area contributed by atoms with Crippen LogP contribution < -0.4 is 9.47 Å². The van der Waals surface area contributed by atoms with Crippen molar-refractivity contribution in [3.8, 4) is 22.6 Å². The highest BCUT2D eigenvalue weighted by Gasteiger charge is 2.18. The molecule has 0 amide bonds. The predicted octanol–water partition coefficient (Wildman–Crippen LogP) is 4.55. The van der Waals surface area contributed by atoms with Crippen molar-refractivity contribution in [3.05, 3.63) is 66.0 Å². The van der Waals surface area contributed by atoms with Gasteiger partial charge in [-0.25, -0.2) is 0 Å². The highest BCUT2D eigenvalue weighted by molar-refractivity contribution is 5.67. The summed E-state index contributed by atoms with van der Waals surface area (Å²) in [4.78, 5) is 2.47. The quantitative estimate of drug-likeness (QED) is 0.534. The summed E-state index contributed by atoms with van der Waals surface area (Å²) in [6.07, 6.45) is 3.86. The molecule has 164 valence electrons. The lowest BCUT2D eigenvalue weighted by Gasteiger charge is -2.32. The lowest BCUT2D eigenvalue weighted by Crippen LogP contribution is -2.37. The third-order valence-corrected chi connectivity index (χ3v) is 5.85. The Morgan fingerprint density at radius 1 is 1.03 bits per heavy atom. The normalized spacial score (nSPS) is 15.6. The predicted molar refractivity (Wildman–Crippen MR) is 121 cm³/mol. The number of hydrogen-bond donors (Lipinski definition) is 0. The summed E-state index contributed by atoms with van der Waals surface area (Å²) >= 11 is 0. The van der Waals surface area contributed by atoms with Crippen molar-refractivity contribution < 1.29 is 14.2 Å². The highest BCUT2D eigenvalue weighted by atomic mass is 16.5. The van der Waals surface area contributed by atoms with Gasteiger partial charge in [0.15, 0.2) is 0 Å². The first kappa shape index (κ1) is 21.4. The van der Waals surface area contributed by atoms with Gasteiger partial charge in [-0.15, -0.1) is 0 Å². The van der Waals surface area contributed by atoms with E-state index in [2.05, 4.69) is 54.2 Å². The number of nitrogens with zero attached hydrogens (tertiary/aromatic N) is 3. The smallest absolute Gasteiger partial charge is 0.124 e. The van der Waals surface area contributed by atoms with E-state index in [0.717, 1.165) is 61.0 Å². The van der Waals surface area contributed by atoms with Crippen molar-refractivity contribution in [2.24, 2.45) is 0 Å². The third-order valence-electron chi connectivity index (χ3n) is 5.85. The van der Waals surface area contributed by atoms with Crippen molar-refractivity contribution in [1.29, 1.82) is 0 Å². The molecule has 1 aliphatic heterocycles. The van der Waals surface area contributed by atoms with Crippen molar-refractivity contribution in [2.75, 3.05) is 33.4 Å². The first-order valence-corrected chi connectivity index (χ1v) is 10.9. The van der Waals surface area contributed by atoms with E-state index in [1.54, 1.807) is 7.11 Å². The van der Waals surface area contributed by atoms with E-state index in [9.17, 15) is 0 Å². The van der Waals surface area contributed by atoms with Gasteiger partial charge in [-0.05, 0) is 42.7 Å². The molecule has 1 saturated heterocycles. The summed E-state index contributed by atoms with van der Waals surface area (Å²) in [6.45, 7) is 9.25. The standard InChI is InChI=1S/C25H31N3O3/c1-4-28-17-20(16-26-28)18-31-25-14-23(13-24(15-25)29-3)22-7-5-21(6-8-22)19(2)27-9-11-30-12-10-27/h5-8,13-17,19H,4,9-12,18H2,1-3H3. The Morgan fingerprint density at radius 3 is 2.45 bits per heavy atom. The third kappa shape index (κ3) is 5.27. The Morgan fingerprint density at radius 2 is 1.77 bits per heavy atom. The summed E-state index contributed by atoms with van der Waals surface area (Å²) < 4.78 is 18.9. The van der Waals surface area contributed by atoms with Crippen LogP contribution in [-0.4, -0.2) is 48.1 Å². The van der Waals surface area contributed by atoms with E-state index in [1.165, 1.54) is 5.56 Å². The summed E-state index contributed by atoms with van der Waals surface area (Å²) in [5.74, 6) is 1.56. The molecule has 4 rings (SSSR count). The molecule has 31 heavy (non-hydrogen) atoms. The van der Waals surface area contributed by atoms with Gasteiger partial charge in [0.2, 0.25) is 0 Å². The van der Waals surface area contributed by atoms with Gasteiger partial charge in [0.25, 0.3) is 0 Å². The first-order valence-electron chi connectivity index (χ1n) is 10.9. The number of morpholine rings is 1. The molecule has 0 N–H and O–H groups in total. The summed E-state index contributed by atoms with van der Waals surface area (Å²) in [7, 11) is 1.68. The van der Waals surface area contributed by atoms with E-state index in [0.29, 0.717) is 12.6 Å². The zero-order chi connectivity index (χ0) is 21.6. The minimum atomic E-state index is 0.381. The fourth-order valence-corrected chi connectivity index (χ4v) is 3.89. The molecule has 3 aromatic rings. The lowest BCUT2D eigenvalue weighted by molar-refractivity contribution is 0.0198. The van der Waals surface area contributed by atoms with Gasteiger partial charge in [0.1, 0.15) is 18.1 Å². The Kier molecular flexibility index (Phi) is 6.89. The highest BCUT2D eigenvalue weighted by Crippen LogP contribution is 2.31. The topological polar surface area (TPSA) is 48.8 Å². The Bertz CT molecular complexity index is 978. The number of rotatable bonds is 8. The molecule has 2 heterocycles. The van der Waals surface area contributed by atoms with E-state index in [4.69, 9.17) is 14.2 Å². The summed E-state index contributed by atoms with van der Waals surface area (Å²) in [6, 6.07) is 15.2. The van der Waals surface area contributed by atoms with Crippen LogP contribution in [0.25, 0.3) is 11.1 Å². The maximum Gasteiger partial charge on any atom is 0.124 e. The largest absolute Gasteiger partial charge is 0.497 e. The van der Waals surface area contributed by atoms with E-state index >= 15 is 0 Å². The van der Waals surface area contributed by atoms with Crippen molar-refractivity contribution >= 4 is 0 Å². The van der Waals surface area contributed by atoms with Gasteiger partial charge in [-0.1, -0.05) is 24.3 Å². The van der Waals surface area contributed by atoms with E-state index in [-0.39, 0.29) is 0 Å². The van der Waals surface area contributed by atoms with Crippen LogP contribution in [0.1, 0.15) is 31.0 Å². The van der Waals surface area contributed by atoms with Crippen LogP contribution in [0.5, 0.6) is 11.5 Å². The Hall–Kier alpha value is -2.83. The number of aryl methyl sites for hydroxylation is 1. The van der Waals surface area contributed by atoms with Crippen LogP contribution in [-0.2, 0) is 17.9 Å². The number of benzene rings is 2. The number of ether oxygens (including phenoxy) is 3. The van der Waals surface area contributed by atoms with E-state index in [1.807, 2.05) is 29.2 Å². The molecule has 0 bridgehead atoms. The van der Waals surface area contributed by atoms with Gasteiger partial charge in [-0.2, -0.15) is 5.10 Å². The van der Waals surface area contributed by atoms with Crippen LogP contribution >= 0.6 is 0 Å². The minimum absolute atomic E-state index is 0.381. The fourth-order valence-electron chi connectivity index (χ4n) is 3.89. The summed E-state index contributed by atoms with van der Waals surface area (Å²) in [5, 5.41) is 4.30. The van der Waals surface area contributed by atoms with Crippen LogP contribution in [0.2, 0.25) is 0 Å². The van der Waals surface area contributed by atoms with Crippen molar-refractivity contribution in [2.45, 2.75) is 33.0 Å². The molecule has 1 fully saturated rings. The van der Waals surface area contributed by atoms with Crippen LogP contribution in [0, 0.1) is 0 Å². The molecule has 1 aliphatic rings. The van der Waals surface area contributed by atoms with Crippen molar-refractivity contribution in [1.82, 2.24) is 14.7 Å². The lowest BCUT2D eigenvalue weighted by atomic mass is 10.00. The number of hydrogen-bond acceptors (Lipinski definition) is 5.